The second kappa shape index (κ2) is 4.43. The molecule has 5 heteroatoms. The number of nitrogens with one attached hydrogen (secondary N) is 1. The maximum Gasteiger partial charge on any atom is 0.210 e. The van der Waals surface area contributed by atoms with Crippen molar-refractivity contribution < 1.29 is 0 Å². The van der Waals surface area contributed by atoms with Crippen LogP contribution in [0.3, 0.4) is 0 Å². The van der Waals surface area contributed by atoms with Crippen LogP contribution in [0.15, 0.2) is 5.16 Å². The molecule has 0 saturated heterocycles. The Morgan fingerprint density at radius 2 is 2.33 bits per heavy atom. The van der Waals surface area contributed by atoms with E-state index >= 15 is 0 Å². The van der Waals surface area contributed by atoms with Crippen molar-refractivity contribution >= 4 is 11.8 Å². The number of fused-ring (bicyclic) bond motifs is 1. The summed E-state index contributed by atoms with van der Waals surface area (Å²) in [5.74, 6) is 2.79. The van der Waals surface area contributed by atoms with Gasteiger partial charge in [0.1, 0.15) is 0 Å². The van der Waals surface area contributed by atoms with Gasteiger partial charge in [-0.3, -0.25) is 0 Å². The monoisotopic (exact) mass is 226 g/mol. The minimum Gasteiger partial charge on any atom is -0.318 e. The summed E-state index contributed by atoms with van der Waals surface area (Å²) in [4.78, 5) is 0. The largest absolute Gasteiger partial charge is 0.318 e. The zero-order chi connectivity index (χ0) is 10.8. The Hall–Kier alpha value is -0.710. The van der Waals surface area contributed by atoms with Crippen LogP contribution in [-0.2, 0) is 6.42 Å². The highest BCUT2D eigenvalue weighted by atomic mass is 32.2. The van der Waals surface area contributed by atoms with E-state index < -0.39 is 0 Å². The molecule has 1 aromatic heterocycles. The predicted octanol–water partition coefficient (Wildman–Crippen LogP) is 1.90. The first-order valence-corrected chi connectivity index (χ1v) is 6.54. The molecule has 1 N–H and O–H groups in total. The third kappa shape index (κ3) is 2.12. The van der Waals surface area contributed by atoms with Gasteiger partial charge in [-0.25, -0.2) is 4.68 Å². The Kier molecular flexibility index (Phi) is 3.19. The highest BCUT2D eigenvalue weighted by Gasteiger charge is 2.24. The average Bonchev–Trinajstić information content (AvgIpc) is 2.61. The van der Waals surface area contributed by atoms with Gasteiger partial charge >= 0.3 is 0 Å². The molecule has 0 radical (unpaired) electrons. The first-order valence-electron chi connectivity index (χ1n) is 5.56. The fraction of sp³-hybridized carbons (Fsp3) is 0.800. The molecule has 1 aliphatic heterocycles. The molecule has 84 valence electrons. The van der Waals surface area contributed by atoms with Crippen LogP contribution in [0.1, 0.15) is 33.0 Å². The Morgan fingerprint density at radius 3 is 3.00 bits per heavy atom. The standard InChI is InChI=1S/C10H18N4S/c1-4-5-9-11-12-10-14(9)13-8(6-15-10)7(2)3/h7-8,13H,4-6H2,1-3H3. The molecule has 0 amide bonds. The Morgan fingerprint density at radius 1 is 1.53 bits per heavy atom. The van der Waals surface area contributed by atoms with E-state index in [1.165, 1.54) is 0 Å². The van der Waals surface area contributed by atoms with Crippen LogP contribution in [0, 0.1) is 5.92 Å². The SMILES string of the molecule is CCCc1nnc2n1NC(C(C)C)CS2. The van der Waals surface area contributed by atoms with Crippen LogP contribution in [0.5, 0.6) is 0 Å². The van der Waals surface area contributed by atoms with Gasteiger partial charge in [0.15, 0.2) is 5.82 Å². The molecule has 0 bridgehead atoms. The highest BCUT2D eigenvalue weighted by Crippen LogP contribution is 2.25. The van der Waals surface area contributed by atoms with Crippen molar-refractivity contribution in [2.45, 2.75) is 44.8 Å². The van der Waals surface area contributed by atoms with E-state index in [-0.39, 0.29) is 0 Å². The highest BCUT2D eigenvalue weighted by molar-refractivity contribution is 7.99. The van der Waals surface area contributed by atoms with Crippen LogP contribution < -0.4 is 5.43 Å². The number of thioether (sulfide) groups is 1. The Balaban J connectivity index is 2.18. The number of hydrogen-bond donors (Lipinski definition) is 1. The lowest BCUT2D eigenvalue weighted by atomic mass is 10.1. The van der Waals surface area contributed by atoms with E-state index in [0.29, 0.717) is 12.0 Å². The first kappa shape index (κ1) is 10.8. The maximum absolute atomic E-state index is 4.21. The van der Waals surface area contributed by atoms with Crippen molar-refractivity contribution in [3.8, 4) is 0 Å². The van der Waals surface area contributed by atoms with Crippen LogP contribution in [0.25, 0.3) is 0 Å². The summed E-state index contributed by atoms with van der Waals surface area (Å²) in [6, 6.07) is 0.522. The van der Waals surface area contributed by atoms with E-state index in [1.54, 1.807) is 11.8 Å². The van der Waals surface area contributed by atoms with Crippen molar-refractivity contribution in [3.05, 3.63) is 5.82 Å². The Bertz CT molecular complexity index is 334. The van der Waals surface area contributed by atoms with Gasteiger partial charge in [-0.2, -0.15) is 0 Å². The van der Waals surface area contributed by atoms with Gasteiger partial charge in [-0.15, -0.1) is 10.2 Å². The second-order valence-corrected chi connectivity index (χ2v) is 5.26. The zero-order valence-electron chi connectivity index (χ0n) is 9.53. The second-order valence-electron chi connectivity index (χ2n) is 4.27. The van der Waals surface area contributed by atoms with Crippen LogP contribution in [0.2, 0.25) is 0 Å². The van der Waals surface area contributed by atoms with Crippen molar-refractivity contribution in [1.29, 1.82) is 0 Å². The molecule has 0 fully saturated rings. The van der Waals surface area contributed by atoms with Gasteiger partial charge in [0.25, 0.3) is 0 Å². The molecule has 0 spiro atoms. The van der Waals surface area contributed by atoms with E-state index in [0.717, 1.165) is 29.6 Å². The van der Waals surface area contributed by atoms with E-state index in [2.05, 4.69) is 41.1 Å². The summed E-state index contributed by atoms with van der Waals surface area (Å²) in [6.45, 7) is 6.65. The predicted molar refractivity (Wildman–Crippen MR) is 62.7 cm³/mol. The minimum atomic E-state index is 0.522. The van der Waals surface area contributed by atoms with Gasteiger partial charge in [-0.1, -0.05) is 32.5 Å². The number of hydrogen-bond acceptors (Lipinski definition) is 4. The van der Waals surface area contributed by atoms with Crippen LogP contribution >= 0.6 is 11.8 Å². The molecule has 0 saturated carbocycles. The third-order valence-corrected chi connectivity index (χ3v) is 3.71. The molecule has 1 atom stereocenters. The molecule has 0 aromatic carbocycles. The molecule has 0 aliphatic carbocycles. The topological polar surface area (TPSA) is 42.7 Å². The van der Waals surface area contributed by atoms with Gasteiger partial charge in [0.05, 0.1) is 6.04 Å². The molecule has 15 heavy (non-hydrogen) atoms. The lowest BCUT2D eigenvalue weighted by Crippen LogP contribution is -2.38. The smallest absolute Gasteiger partial charge is 0.210 e. The molecule has 4 nitrogen and oxygen atoms in total. The van der Waals surface area contributed by atoms with Crippen molar-refractivity contribution in [2.75, 3.05) is 11.2 Å². The summed E-state index contributed by atoms with van der Waals surface area (Å²) in [5.41, 5.74) is 3.50. The molecule has 2 rings (SSSR count). The van der Waals surface area contributed by atoms with Crippen molar-refractivity contribution in [3.63, 3.8) is 0 Å². The van der Waals surface area contributed by atoms with Gasteiger partial charge in [0.2, 0.25) is 5.16 Å². The minimum absolute atomic E-state index is 0.522. The molecule has 1 aliphatic rings. The summed E-state index contributed by atoms with van der Waals surface area (Å²) in [6.07, 6.45) is 2.10. The molecular weight excluding hydrogens is 208 g/mol. The molecule has 1 unspecified atom stereocenters. The summed E-state index contributed by atoms with van der Waals surface area (Å²) >= 11 is 1.80. The van der Waals surface area contributed by atoms with E-state index in [9.17, 15) is 0 Å². The lowest BCUT2D eigenvalue weighted by Gasteiger charge is -2.28. The summed E-state index contributed by atoms with van der Waals surface area (Å²) in [5, 5.41) is 9.40. The quantitative estimate of drug-likeness (QED) is 0.855. The molecule has 2 heterocycles. The third-order valence-electron chi connectivity index (χ3n) is 2.67. The van der Waals surface area contributed by atoms with Crippen LogP contribution in [0.4, 0.5) is 0 Å². The van der Waals surface area contributed by atoms with Crippen molar-refractivity contribution in [2.24, 2.45) is 5.92 Å². The molecule has 1 aromatic rings. The van der Waals surface area contributed by atoms with Gasteiger partial charge in [0, 0.05) is 12.2 Å². The average molecular weight is 226 g/mol. The first-order chi connectivity index (χ1) is 7.22. The maximum atomic E-state index is 4.21. The fourth-order valence-corrected chi connectivity index (χ4v) is 2.79. The molecular formula is C10H18N4S. The lowest BCUT2D eigenvalue weighted by molar-refractivity contribution is 0.493. The van der Waals surface area contributed by atoms with Gasteiger partial charge in [-0.05, 0) is 12.3 Å². The van der Waals surface area contributed by atoms with E-state index in [4.69, 9.17) is 0 Å². The summed E-state index contributed by atoms with van der Waals surface area (Å²) < 4.78 is 2.07. The fourth-order valence-electron chi connectivity index (χ4n) is 1.62. The van der Waals surface area contributed by atoms with E-state index in [1.807, 2.05) is 0 Å². The van der Waals surface area contributed by atoms with Crippen molar-refractivity contribution in [1.82, 2.24) is 14.9 Å². The number of aryl methyl sites for hydroxylation is 1. The number of aromatic nitrogens is 3. The summed E-state index contributed by atoms with van der Waals surface area (Å²) in [7, 11) is 0. The van der Waals surface area contributed by atoms with Gasteiger partial charge < -0.3 is 5.43 Å². The zero-order valence-corrected chi connectivity index (χ0v) is 10.3. The number of nitrogens with zero attached hydrogens (tertiary/aromatic N) is 3. The number of rotatable bonds is 3. The normalized spacial score (nSPS) is 20.1. The van der Waals surface area contributed by atoms with Crippen LogP contribution in [-0.4, -0.2) is 26.7 Å². The Labute approximate surface area is 94.8 Å².